The first-order valence-corrected chi connectivity index (χ1v) is 7.38. The highest BCUT2D eigenvalue weighted by atomic mass is 16.1. The molecule has 2 N–H and O–H groups in total. The van der Waals surface area contributed by atoms with Crippen LogP contribution < -0.4 is 0 Å². The number of carbonyl (C=O) groups excluding carboxylic acids is 2. The summed E-state index contributed by atoms with van der Waals surface area (Å²) < 4.78 is 0. The van der Waals surface area contributed by atoms with E-state index in [-0.39, 0.29) is 0 Å². The van der Waals surface area contributed by atoms with Gasteiger partial charge < -0.3 is 0 Å². The first-order valence-electron chi connectivity index (χ1n) is 7.38. The van der Waals surface area contributed by atoms with Gasteiger partial charge in [0.15, 0.2) is 0 Å². The molecule has 0 saturated heterocycles. The fraction of sp³-hybridized carbons (Fsp3) is 0.529. The summed E-state index contributed by atoms with van der Waals surface area (Å²) in [5, 5.41) is 10.8. The van der Waals surface area contributed by atoms with Gasteiger partial charge in [0.25, 0.3) is 0 Å². The maximum absolute atomic E-state index is 8.35. The normalized spacial score (nSPS) is 8.24. The number of hydrogen-bond acceptors (Lipinski definition) is 4. The maximum Gasteiger partial charge on any atom is 0.231 e. The summed E-state index contributed by atoms with van der Waals surface area (Å²) in [6, 6.07) is 10.8. The monoisotopic (exact) mass is 290 g/mol. The van der Waals surface area contributed by atoms with Crippen LogP contribution in [0.25, 0.3) is 0 Å². The van der Waals surface area contributed by atoms with Crippen LogP contribution in [0, 0.1) is 10.8 Å². The van der Waals surface area contributed by atoms with Gasteiger partial charge in [0.05, 0.1) is 0 Å². The van der Waals surface area contributed by atoms with E-state index in [0.29, 0.717) is 0 Å². The second-order valence-corrected chi connectivity index (χ2v) is 4.56. The summed E-state index contributed by atoms with van der Waals surface area (Å²) >= 11 is 0. The molecule has 0 aliphatic heterocycles. The minimum absolute atomic E-state index is 0.750. The van der Waals surface area contributed by atoms with E-state index in [1.54, 1.807) is 0 Å². The van der Waals surface area contributed by atoms with Gasteiger partial charge in [0.1, 0.15) is 0 Å². The summed E-state index contributed by atoms with van der Waals surface area (Å²) in [4.78, 5) is 16.7. The Labute approximate surface area is 127 Å². The number of hydrogen-bond donors (Lipinski definition) is 2. The van der Waals surface area contributed by atoms with Crippen molar-refractivity contribution in [2.75, 3.05) is 0 Å². The van der Waals surface area contributed by atoms with E-state index in [2.05, 4.69) is 37.3 Å². The quantitative estimate of drug-likeness (QED) is 0.410. The van der Waals surface area contributed by atoms with Crippen LogP contribution in [0.4, 0.5) is 0 Å². The standard InChI is InChI=1S/C15H24.2CHNO/c1-2-3-4-5-6-7-9-12-15-13-10-8-11-14-15;2*2-1-3/h8,10-11,13-14H,2-7,9,12H2,1H3;2*2H. The summed E-state index contributed by atoms with van der Waals surface area (Å²) in [5.41, 5.74) is 1.49. The number of isocyanates is 2. The molecule has 1 rings (SSSR count). The molecule has 21 heavy (non-hydrogen) atoms. The van der Waals surface area contributed by atoms with Crippen molar-refractivity contribution < 1.29 is 9.59 Å². The minimum Gasteiger partial charge on any atom is -0.222 e. The highest BCUT2D eigenvalue weighted by molar-refractivity contribution is 5.26. The van der Waals surface area contributed by atoms with Crippen molar-refractivity contribution >= 4 is 12.2 Å². The Balaban J connectivity index is 0. The first kappa shape index (κ1) is 21.3. The van der Waals surface area contributed by atoms with Crippen LogP contribution >= 0.6 is 0 Å². The van der Waals surface area contributed by atoms with E-state index in [0.717, 1.165) is 12.2 Å². The Hall–Kier alpha value is -2.02. The summed E-state index contributed by atoms with van der Waals surface area (Å²) in [6.45, 7) is 2.27. The predicted octanol–water partition coefficient (Wildman–Crippen LogP) is 4.78. The van der Waals surface area contributed by atoms with Crippen LogP contribution in [-0.4, -0.2) is 12.2 Å². The molecule has 0 aliphatic carbocycles. The molecular weight excluding hydrogens is 264 g/mol. The number of unbranched alkanes of at least 4 members (excludes halogenated alkanes) is 6. The summed E-state index contributed by atoms with van der Waals surface area (Å²) in [6.07, 6.45) is 12.6. The second kappa shape index (κ2) is 20.3. The van der Waals surface area contributed by atoms with Crippen molar-refractivity contribution in [3.63, 3.8) is 0 Å². The van der Waals surface area contributed by atoms with E-state index < -0.39 is 0 Å². The first-order chi connectivity index (χ1) is 10.3. The van der Waals surface area contributed by atoms with Gasteiger partial charge in [0, 0.05) is 0 Å². The van der Waals surface area contributed by atoms with Gasteiger partial charge in [0.2, 0.25) is 12.2 Å². The predicted molar refractivity (Wildman–Crippen MR) is 85.0 cm³/mol. The highest BCUT2D eigenvalue weighted by Gasteiger charge is 1.92. The van der Waals surface area contributed by atoms with Gasteiger partial charge >= 0.3 is 0 Å². The molecule has 0 aliphatic rings. The zero-order chi connectivity index (χ0) is 16.2. The van der Waals surface area contributed by atoms with Crippen molar-refractivity contribution in [3.05, 3.63) is 35.9 Å². The van der Waals surface area contributed by atoms with Gasteiger partial charge in [-0.2, -0.15) is 0 Å². The number of aryl methyl sites for hydroxylation is 1. The lowest BCUT2D eigenvalue weighted by molar-refractivity contribution is 0.562. The molecular formula is C17H26N2O2. The molecule has 0 bridgehead atoms. The number of benzene rings is 1. The SMILES string of the molecule is CCCCCCCCCc1ccccc1.N=C=O.N=C=O. The van der Waals surface area contributed by atoms with Crippen molar-refractivity contribution in [2.24, 2.45) is 0 Å². The van der Waals surface area contributed by atoms with Crippen molar-refractivity contribution in [1.82, 2.24) is 0 Å². The highest BCUT2D eigenvalue weighted by Crippen LogP contribution is 2.10. The minimum atomic E-state index is 0.750. The van der Waals surface area contributed by atoms with E-state index in [9.17, 15) is 0 Å². The topological polar surface area (TPSA) is 81.8 Å². The van der Waals surface area contributed by atoms with E-state index in [4.69, 9.17) is 20.4 Å². The second-order valence-electron chi connectivity index (χ2n) is 4.56. The average molecular weight is 290 g/mol. The third-order valence-corrected chi connectivity index (χ3v) is 2.91. The van der Waals surface area contributed by atoms with Crippen LogP contribution in [0.1, 0.15) is 57.4 Å². The van der Waals surface area contributed by atoms with Gasteiger partial charge in [-0.05, 0) is 18.4 Å². The molecule has 0 fully saturated rings. The Morgan fingerprint density at radius 3 is 1.71 bits per heavy atom. The Bertz CT molecular complexity index is 367. The molecule has 0 heterocycles. The largest absolute Gasteiger partial charge is 0.231 e. The lowest BCUT2D eigenvalue weighted by Gasteiger charge is -2.01. The van der Waals surface area contributed by atoms with Gasteiger partial charge in [-0.3, -0.25) is 0 Å². The van der Waals surface area contributed by atoms with Gasteiger partial charge in [-0.15, -0.1) is 0 Å². The zero-order valence-corrected chi connectivity index (χ0v) is 12.9. The van der Waals surface area contributed by atoms with Crippen LogP contribution in [0.2, 0.25) is 0 Å². The lowest BCUT2D eigenvalue weighted by atomic mass is 10.0. The molecule has 4 heteroatoms. The molecule has 0 unspecified atom stereocenters. The fourth-order valence-corrected chi connectivity index (χ4v) is 1.93. The summed E-state index contributed by atoms with van der Waals surface area (Å²) in [7, 11) is 0. The van der Waals surface area contributed by atoms with Crippen LogP contribution in [0.3, 0.4) is 0 Å². The fourth-order valence-electron chi connectivity index (χ4n) is 1.93. The molecule has 1 aromatic rings. The number of rotatable bonds is 8. The molecule has 1 aromatic carbocycles. The smallest absolute Gasteiger partial charge is 0.222 e. The molecule has 0 aromatic heterocycles. The van der Waals surface area contributed by atoms with Crippen molar-refractivity contribution in [1.29, 1.82) is 10.8 Å². The zero-order valence-electron chi connectivity index (χ0n) is 12.9. The molecule has 0 saturated carbocycles. The Morgan fingerprint density at radius 1 is 0.810 bits per heavy atom. The molecule has 0 radical (unpaired) electrons. The van der Waals surface area contributed by atoms with E-state index in [1.807, 2.05) is 0 Å². The molecule has 4 nitrogen and oxygen atoms in total. The third kappa shape index (κ3) is 20.5. The number of nitrogens with one attached hydrogen (secondary N) is 2. The van der Waals surface area contributed by atoms with Crippen LogP contribution in [0.5, 0.6) is 0 Å². The molecule has 0 atom stereocenters. The van der Waals surface area contributed by atoms with Gasteiger partial charge in [-0.25, -0.2) is 20.4 Å². The summed E-state index contributed by atoms with van der Waals surface area (Å²) in [5.74, 6) is 0. The average Bonchev–Trinajstić information content (AvgIpc) is 2.49. The van der Waals surface area contributed by atoms with E-state index >= 15 is 0 Å². The molecule has 0 spiro atoms. The lowest BCUT2D eigenvalue weighted by Crippen LogP contribution is -1.85. The van der Waals surface area contributed by atoms with Crippen LogP contribution in [0.15, 0.2) is 30.3 Å². The Kier molecular flexibility index (Phi) is 20.6. The van der Waals surface area contributed by atoms with E-state index in [1.165, 1.54) is 56.9 Å². The third-order valence-electron chi connectivity index (χ3n) is 2.91. The Morgan fingerprint density at radius 2 is 1.24 bits per heavy atom. The maximum atomic E-state index is 8.35. The van der Waals surface area contributed by atoms with Crippen molar-refractivity contribution in [3.8, 4) is 0 Å². The molecule has 0 amide bonds. The van der Waals surface area contributed by atoms with Gasteiger partial charge in [-0.1, -0.05) is 75.8 Å². The van der Waals surface area contributed by atoms with Crippen LogP contribution in [-0.2, 0) is 16.0 Å². The molecule has 116 valence electrons. The van der Waals surface area contributed by atoms with Crippen molar-refractivity contribution in [2.45, 2.75) is 58.3 Å².